The molecule has 1 aliphatic rings. The lowest BCUT2D eigenvalue weighted by atomic mass is 9.78. The van der Waals surface area contributed by atoms with Crippen LogP contribution < -0.4 is 10.6 Å². The first-order valence-electron chi connectivity index (χ1n) is 5.06. The van der Waals surface area contributed by atoms with Crippen LogP contribution in [0.5, 0.6) is 0 Å². The number of nitrogens with one attached hydrogen (secondary N) is 1. The van der Waals surface area contributed by atoms with Gasteiger partial charge < -0.3 is 5.73 Å². The highest BCUT2D eigenvalue weighted by atomic mass is 32.1. The Balaban J connectivity index is 1.78. The Kier molecular flexibility index (Phi) is 2.98. The first kappa shape index (κ1) is 9.86. The van der Waals surface area contributed by atoms with Crippen LogP contribution in [0.4, 0.5) is 0 Å². The van der Waals surface area contributed by atoms with E-state index in [0.29, 0.717) is 5.92 Å². The molecule has 1 saturated carbocycles. The molecule has 1 fully saturated rings. The third kappa shape index (κ3) is 2.22. The number of aryl methyl sites for hydroxylation is 1. The molecule has 1 atom stereocenters. The van der Waals surface area contributed by atoms with Gasteiger partial charge in [-0.1, -0.05) is 6.42 Å². The summed E-state index contributed by atoms with van der Waals surface area (Å²) in [6, 6.07) is 0.286. The molecule has 0 spiro atoms. The summed E-state index contributed by atoms with van der Waals surface area (Å²) in [5.74, 6) is 1.50. The van der Waals surface area contributed by atoms with Gasteiger partial charge in [0.2, 0.25) is 0 Å². The van der Waals surface area contributed by atoms with Crippen molar-refractivity contribution < 1.29 is 0 Å². The fraction of sp³-hybridized carbons (Fsp3) is 0.778. The Morgan fingerprint density at radius 2 is 2.43 bits per heavy atom. The van der Waals surface area contributed by atoms with E-state index < -0.39 is 0 Å². The molecule has 3 N–H and O–H groups in total. The fourth-order valence-corrected chi connectivity index (χ4v) is 2.27. The van der Waals surface area contributed by atoms with Crippen molar-refractivity contribution >= 4 is 11.5 Å². The second kappa shape index (κ2) is 4.23. The molecule has 0 bridgehead atoms. The standard InChI is InChI=1S/C9H15N3OS/c10-7(6-2-1-3-6)4-5-8-11-9(13)14-12-8/h6-7H,1-5,10H2,(H,11,12,13). The van der Waals surface area contributed by atoms with Crippen molar-refractivity contribution in [2.24, 2.45) is 11.7 Å². The fourth-order valence-electron chi connectivity index (χ4n) is 1.78. The summed E-state index contributed by atoms with van der Waals surface area (Å²) in [6.45, 7) is 0. The molecule has 0 aromatic carbocycles. The number of H-pyrrole nitrogens is 1. The van der Waals surface area contributed by atoms with Gasteiger partial charge in [0.15, 0.2) is 0 Å². The molecule has 0 radical (unpaired) electrons. The molecule has 1 heterocycles. The first-order valence-corrected chi connectivity index (χ1v) is 5.83. The largest absolute Gasteiger partial charge is 0.327 e. The molecule has 0 amide bonds. The van der Waals surface area contributed by atoms with E-state index in [1.807, 2.05) is 0 Å². The van der Waals surface area contributed by atoms with Crippen LogP contribution in [0.2, 0.25) is 0 Å². The molecule has 1 aromatic heterocycles. The average Bonchev–Trinajstić information content (AvgIpc) is 2.45. The summed E-state index contributed by atoms with van der Waals surface area (Å²) in [6.07, 6.45) is 5.61. The molecule has 78 valence electrons. The molecule has 1 aliphatic carbocycles. The van der Waals surface area contributed by atoms with E-state index in [1.165, 1.54) is 19.3 Å². The summed E-state index contributed by atoms with van der Waals surface area (Å²) >= 11 is 0.982. The minimum Gasteiger partial charge on any atom is -0.327 e. The topological polar surface area (TPSA) is 71.8 Å². The molecular formula is C9H15N3OS. The van der Waals surface area contributed by atoms with Gasteiger partial charge in [0.1, 0.15) is 5.82 Å². The van der Waals surface area contributed by atoms with E-state index in [-0.39, 0.29) is 10.9 Å². The minimum atomic E-state index is -0.0720. The molecule has 5 heteroatoms. The highest BCUT2D eigenvalue weighted by molar-refractivity contribution is 7.02. The second-order valence-electron chi connectivity index (χ2n) is 3.94. The van der Waals surface area contributed by atoms with Gasteiger partial charge in [0.25, 0.3) is 0 Å². The molecule has 1 aromatic rings. The van der Waals surface area contributed by atoms with Crippen LogP contribution in [0, 0.1) is 5.92 Å². The van der Waals surface area contributed by atoms with Gasteiger partial charge in [0.05, 0.1) is 0 Å². The lowest BCUT2D eigenvalue weighted by Crippen LogP contribution is -2.34. The number of hydrogen-bond donors (Lipinski definition) is 2. The molecular weight excluding hydrogens is 198 g/mol. The van der Waals surface area contributed by atoms with E-state index in [1.54, 1.807) is 0 Å². The van der Waals surface area contributed by atoms with Crippen LogP contribution in [0.3, 0.4) is 0 Å². The summed E-state index contributed by atoms with van der Waals surface area (Å²) in [7, 11) is 0. The zero-order valence-electron chi connectivity index (χ0n) is 8.03. The van der Waals surface area contributed by atoms with Crippen LogP contribution in [0.1, 0.15) is 31.5 Å². The van der Waals surface area contributed by atoms with Crippen LogP contribution in [0.15, 0.2) is 4.79 Å². The van der Waals surface area contributed by atoms with Gasteiger partial charge in [-0.25, -0.2) is 0 Å². The van der Waals surface area contributed by atoms with Crippen LogP contribution >= 0.6 is 11.5 Å². The quantitative estimate of drug-likeness (QED) is 0.780. The van der Waals surface area contributed by atoms with Crippen molar-refractivity contribution in [3.63, 3.8) is 0 Å². The Hall–Kier alpha value is -0.680. The van der Waals surface area contributed by atoms with Gasteiger partial charge in [-0.2, -0.15) is 4.37 Å². The Morgan fingerprint density at radius 1 is 1.64 bits per heavy atom. The van der Waals surface area contributed by atoms with E-state index in [2.05, 4.69) is 9.36 Å². The maximum Gasteiger partial charge on any atom is 0.323 e. The monoisotopic (exact) mass is 213 g/mol. The van der Waals surface area contributed by atoms with Crippen molar-refractivity contribution in [3.8, 4) is 0 Å². The average molecular weight is 213 g/mol. The van der Waals surface area contributed by atoms with E-state index in [9.17, 15) is 4.79 Å². The molecule has 2 rings (SSSR count). The normalized spacial score (nSPS) is 19.2. The predicted molar refractivity (Wildman–Crippen MR) is 56.4 cm³/mol. The summed E-state index contributed by atoms with van der Waals surface area (Å²) in [4.78, 5) is 13.4. The highest BCUT2D eigenvalue weighted by Gasteiger charge is 2.24. The molecule has 0 saturated heterocycles. The molecule has 0 aliphatic heterocycles. The zero-order chi connectivity index (χ0) is 9.97. The number of nitrogens with two attached hydrogens (primary N) is 1. The lowest BCUT2D eigenvalue weighted by molar-refractivity contribution is 0.252. The maximum absolute atomic E-state index is 10.8. The van der Waals surface area contributed by atoms with E-state index >= 15 is 0 Å². The van der Waals surface area contributed by atoms with Gasteiger partial charge in [0, 0.05) is 24.0 Å². The highest BCUT2D eigenvalue weighted by Crippen LogP contribution is 2.30. The van der Waals surface area contributed by atoms with Gasteiger partial charge in [-0.15, -0.1) is 0 Å². The third-order valence-electron chi connectivity index (χ3n) is 2.95. The van der Waals surface area contributed by atoms with E-state index in [0.717, 1.165) is 30.2 Å². The maximum atomic E-state index is 10.8. The number of rotatable bonds is 4. The van der Waals surface area contributed by atoms with Crippen molar-refractivity contribution in [3.05, 3.63) is 15.5 Å². The van der Waals surface area contributed by atoms with Crippen LogP contribution in [-0.2, 0) is 6.42 Å². The number of hydrogen-bond acceptors (Lipinski definition) is 4. The molecule has 1 unspecified atom stereocenters. The summed E-state index contributed by atoms with van der Waals surface area (Å²) in [5, 5.41) is 0. The second-order valence-corrected chi connectivity index (χ2v) is 4.67. The first-order chi connectivity index (χ1) is 6.75. The number of aromatic amines is 1. The Morgan fingerprint density at radius 3 is 2.93 bits per heavy atom. The van der Waals surface area contributed by atoms with E-state index in [4.69, 9.17) is 5.73 Å². The van der Waals surface area contributed by atoms with Crippen molar-refractivity contribution in [1.82, 2.24) is 9.36 Å². The van der Waals surface area contributed by atoms with Crippen molar-refractivity contribution in [2.45, 2.75) is 38.1 Å². The summed E-state index contributed by atoms with van der Waals surface area (Å²) in [5.41, 5.74) is 6.02. The zero-order valence-corrected chi connectivity index (χ0v) is 8.85. The predicted octanol–water partition coefficient (Wildman–Crippen LogP) is 0.891. The SMILES string of the molecule is NC(CCc1nsc(=O)[nH]1)C1CCC1. The smallest absolute Gasteiger partial charge is 0.323 e. The lowest BCUT2D eigenvalue weighted by Gasteiger charge is -2.31. The third-order valence-corrected chi connectivity index (χ3v) is 3.53. The van der Waals surface area contributed by atoms with Gasteiger partial charge in [-0.05, 0) is 25.2 Å². The molecule has 14 heavy (non-hydrogen) atoms. The van der Waals surface area contributed by atoms with Gasteiger partial charge >= 0.3 is 4.87 Å². The van der Waals surface area contributed by atoms with Crippen LogP contribution in [-0.4, -0.2) is 15.4 Å². The van der Waals surface area contributed by atoms with Crippen molar-refractivity contribution in [2.75, 3.05) is 0 Å². The molecule has 4 nitrogen and oxygen atoms in total. The summed E-state index contributed by atoms with van der Waals surface area (Å²) < 4.78 is 4.01. The van der Waals surface area contributed by atoms with Crippen LogP contribution in [0.25, 0.3) is 0 Å². The van der Waals surface area contributed by atoms with Gasteiger partial charge in [-0.3, -0.25) is 9.78 Å². The Labute approximate surface area is 86.7 Å². The number of nitrogens with zero attached hydrogens (tertiary/aromatic N) is 1. The van der Waals surface area contributed by atoms with Crippen molar-refractivity contribution in [1.29, 1.82) is 0 Å². The Bertz CT molecular complexity index is 342. The minimum absolute atomic E-state index is 0.0720. The number of aromatic nitrogens is 2.